The van der Waals surface area contributed by atoms with Crippen LogP contribution in [0.5, 0.6) is 0 Å². The first-order chi connectivity index (χ1) is 10.0. The van der Waals surface area contributed by atoms with Gasteiger partial charge in [-0.05, 0) is 37.8 Å². The summed E-state index contributed by atoms with van der Waals surface area (Å²) >= 11 is 0. The van der Waals surface area contributed by atoms with Crippen molar-refractivity contribution >= 4 is 12.0 Å². The van der Waals surface area contributed by atoms with Crippen LogP contribution < -0.4 is 10.6 Å². The second kappa shape index (κ2) is 7.06. The molecule has 114 valence electrons. The van der Waals surface area contributed by atoms with Crippen LogP contribution >= 0.6 is 0 Å². The van der Waals surface area contributed by atoms with E-state index in [1.807, 2.05) is 19.1 Å². The number of urea groups is 1. The predicted molar refractivity (Wildman–Crippen MR) is 77.7 cm³/mol. The first-order valence-electron chi connectivity index (χ1n) is 7.23. The quantitative estimate of drug-likeness (QED) is 0.789. The van der Waals surface area contributed by atoms with Gasteiger partial charge in [-0.25, -0.2) is 4.79 Å². The molecule has 0 radical (unpaired) electrons. The molecule has 3 N–H and O–H groups in total. The van der Waals surface area contributed by atoms with Crippen molar-refractivity contribution in [1.82, 2.24) is 15.6 Å². The lowest BCUT2D eigenvalue weighted by molar-refractivity contribution is -0.143. The lowest BCUT2D eigenvalue weighted by Crippen LogP contribution is -2.44. The number of nitrogens with zero attached hydrogens (tertiary/aromatic N) is 1. The molecule has 1 aromatic rings. The Balaban J connectivity index is 1.76. The Labute approximate surface area is 124 Å². The van der Waals surface area contributed by atoms with Crippen molar-refractivity contribution in [2.24, 2.45) is 5.92 Å². The Morgan fingerprint density at radius 3 is 2.86 bits per heavy atom. The molecule has 0 spiro atoms. The highest BCUT2D eigenvalue weighted by molar-refractivity contribution is 5.74. The van der Waals surface area contributed by atoms with E-state index in [1.54, 1.807) is 6.20 Å². The summed E-state index contributed by atoms with van der Waals surface area (Å²) in [7, 11) is 0. The van der Waals surface area contributed by atoms with E-state index >= 15 is 0 Å². The van der Waals surface area contributed by atoms with Crippen molar-refractivity contribution in [2.45, 2.75) is 45.2 Å². The number of amides is 2. The number of hydrogen-bond acceptors (Lipinski definition) is 3. The van der Waals surface area contributed by atoms with E-state index in [0.717, 1.165) is 24.1 Å². The zero-order valence-corrected chi connectivity index (χ0v) is 12.1. The third-order valence-corrected chi connectivity index (χ3v) is 3.78. The topological polar surface area (TPSA) is 91.3 Å². The van der Waals surface area contributed by atoms with Gasteiger partial charge < -0.3 is 15.7 Å². The molecule has 2 amide bonds. The van der Waals surface area contributed by atoms with Crippen molar-refractivity contribution < 1.29 is 14.7 Å². The molecule has 0 bridgehead atoms. The van der Waals surface area contributed by atoms with E-state index in [0.29, 0.717) is 19.4 Å². The summed E-state index contributed by atoms with van der Waals surface area (Å²) < 4.78 is 0. The molecule has 2 atom stereocenters. The molecule has 6 nitrogen and oxygen atoms in total. The van der Waals surface area contributed by atoms with Gasteiger partial charge in [-0.15, -0.1) is 0 Å². The Morgan fingerprint density at radius 1 is 1.38 bits per heavy atom. The fourth-order valence-electron chi connectivity index (χ4n) is 2.57. The van der Waals surface area contributed by atoms with Crippen LogP contribution in [0, 0.1) is 12.8 Å². The maximum absolute atomic E-state index is 11.8. The summed E-state index contributed by atoms with van der Waals surface area (Å²) in [5.74, 6) is -1.11. The summed E-state index contributed by atoms with van der Waals surface area (Å²) in [5, 5.41) is 14.7. The highest BCUT2D eigenvalue weighted by Gasteiger charge is 2.27. The molecular formula is C15H21N3O3. The fourth-order valence-corrected chi connectivity index (χ4v) is 2.57. The van der Waals surface area contributed by atoms with Gasteiger partial charge in [-0.3, -0.25) is 9.78 Å². The van der Waals surface area contributed by atoms with Gasteiger partial charge >= 0.3 is 12.0 Å². The molecule has 2 unspecified atom stereocenters. The number of carboxylic acid groups (broad SMARTS) is 1. The number of carbonyl (C=O) groups is 2. The monoisotopic (exact) mass is 291 g/mol. The maximum atomic E-state index is 11.8. The third-order valence-electron chi connectivity index (χ3n) is 3.78. The summed E-state index contributed by atoms with van der Waals surface area (Å²) in [6, 6.07) is 3.50. The van der Waals surface area contributed by atoms with E-state index in [-0.39, 0.29) is 18.0 Å². The van der Waals surface area contributed by atoms with Gasteiger partial charge in [0.05, 0.1) is 5.92 Å². The van der Waals surface area contributed by atoms with Gasteiger partial charge in [0.2, 0.25) is 0 Å². The first-order valence-corrected chi connectivity index (χ1v) is 7.23. The van der Waals surface area contributed by atoms with Crippen molar-refractivity contribution in [3.05, 3.63) is 29.6 Å². The van der Waals surface area contributed by atoms with Crippen LogP contribution in [0.25, 0.3) is 0 Å². The van der Waals surface area contributed by atoms with Crippen LogP contribution in [0.2, 0.25) is 0 Å². The van der Waals surface area contributed by atoms with E-state index in [4.69, 9.17) is 5.11 Å². The standard InChI is InChI=1S/C15H21N3O3/c1-10-5-6-11(8-16-10)9-17-15(21)18-13-4-2-3-12(7-13)14(19)20/h5-6,8,12-13H,2-4,7,9H2,1H3,(H,19,20)(H2,17,18,21). The highest BCUT2D eigenvalue weighted by atomic mass is 16.4. The zero-order valence-electron chi connectivity index (χ0n) is 12.1. The number of aromatic nitrogens is 1. The van der Waals surface area contributed by atoms with Crippen molar-refractivity contribution in [2.75, 3.05) is 0 Å². The molecule has 1 fully saturated rings. The number of hydrogen-bond donors (Lipinski definition) is 3. The minimum absolute atomic E-state index is 0.0593. The normalized spacial score (nSPS) is 21.6. The summed E-state index contributed by atoms with van der Waals surface area (Å²) in [6.07, 6.45) is 4.61. The van der Waals surface area contributed by atoms with Gasteiger partial charge in [-0.1, -0.05) is 12.5 Å². The Bertz CT molecular complexity index is 501. The van der Waals surface area contributed by atoms with Gasteiger partial charge in [0.25, 0.3) is 0 Å². The van der Waals surface area contributed by atoms with Crippen LogP contribution in [0.3, 0.4) is 0 Å². The van der Waals surface area contributed by atoms with Gasteiger partial charge in [0, 0.05) is 24.5 Å². The average molecular weight is 291 g/mol. The second-order valence-electron chi connectivity index (χ2n) is 5.53. The SMILES string of the molecule is Cc1ccc(CNC(=O)NC2CCCC(C(=O)O)C2)cn1. The third kappa shape index (κ3) is 4.73. The minimum atomic E-state index is -0.771. The molecule has 1 saturated carbocycles. The van der Waals surface area contributed by atoms with Gasteiger partial charge in [0.15, 0.2) is 0 Å². The average Bonchev–Trinajstić information content (AvgIpc) is 2.47. The van der Waals surface area contributed by atoms with Crippen LogP contribution in [0.4, 0.5) is 4.79 Å². The lowest BCUT2D eigenvalue weighted by atomic mass is 9.86. The van der Waals surface area contributed by atoms with Crippen molar-refractivity contribution in [1.29, 1.82) is 0 Å². The molecule has 1 aromatic heterocycles. The van der Waals surface area contributed by atoms with E-state index in [9.17, 15) is 9.59 Å². The van der Waals surface area contributed by atoms with E-state index < -0.39 is 5.97 Å². The molecule has 6 heteroatoms. The van der Waals surface area contributed by atoms with Crippen molar-refractivity contribution in [3.8, 4) is 0 Å². The van der Waals surface area contributed by atoms with Crippen molar-refractivity contribution in [3.63, 3.8) is 0 Å². The van der Waals surface area contributed by atoms with Gasteiger partial charge in [-0.2, -0.15) is 0 Å². The lowest BCUT2D eigenvalue weighted by Gasteiger charge is -2.27. The molecule has 1 aliphatic carbocycles. The Morgan fingerprint density at radius 2 is 2.19 bits per heavy atom. The molecule has 0 aromatic carbocycles. The number of rotatable bonds is 4. The molecule has 0 aliphatic heterocycles. The summed E-state index contributed by atoms with van der Waals surface area (Å²) in [6.45, 7) is 2.32. The largest absolute Gasteiger partial charge is 0.481 e. The molecule has 2 rings (SSSR count). The number of pyridine rings is 1. The Kier molecular flexibility index (Phi) is 5.14. The predicted octanol–water partition coefficient (Wildman–Crippen LogP) is 1.83. The first kappa shape index (κ1) is 15.3. The minimum Gasteiger partial charge on any atom is -0.481 e. The number of nitrogens with one attached hydrogen (secondary N) is 2. The number of aryl methyl sites for hydroxylation is 1. The smallest absolute Gasteiger partial charge is 0.315 e. The van der Waals surface area contributed by atoms with Crippen LogP contribution in [-0.2, 0) is 11.3 Å². The van der Waals surface area contributed by atoms with Gasteiger partial charge in [0.1, 0.15) is 0 Å². The summed E-state index contributed by atoms with van der Waals surface area (Å²) in [4.78, 5) is 27.0. The fraction of sp³-hybridized carbons (Fsp3) is 0.533. The Hall–Kier alpha value is -2.11. The van der Waals surface area contributed by atoms with Crippen LogP contribution in [-0.4, -0.2) is 28.1 Å². The number of carboxylic acids is 1. The maximum Gasteiger partial charge on any atom is 0.315 e. The molecule has 0 saturated heterocycles. The molecule has 1 aliphatic rings. The highest BCUT2D eigenvalue weighted by Crippen LogP contribution is 2.24. The zero-order chi connectivity index (χ0) is 15.2. The molecular weight excluding hydrogens is 270 g/mol. The molecule has 1 heterocycles. The number of carbonyl (C=O) groups excluding carboxylic acids is 1. The van der Waals surface area contributed by atoms with E-state index in [2.05, 4.69) is 15.6 Å². The van der Waals surface area contributed by atoms with Crippen LogP contribution in [0.1, 0.15) is 36.9 Å². The van der Waals surface area contributed by atoms with E-state index in [1.165, 1.54) is 0 Å². The number of aliphatic carboxylic acids is 1. The molecule has 21 heavy (non-hydrogen) atoms. The van der Waals surface area contributed by atoms with Crippen LogP contribution in [0.15, 0.2) is 18.3 Å². The summed E-state index contributed by atoms with van der Waals surface area (Å²) in [5.41, 5.74) is 1.87. The second-order valence-corrected chi connectivity index (χ2v) is 5.53.